The van der Waals surface area contributed by atoms with Crippen LogP contribution in [-0.2, 0) is 4.74 Å². The molecule has 0 aromatic heterocycles. The van der Waals surface area contributed by atoms with Crippen LogP contribution >= 0.6 is 0 Å². The van der Waals surface area contributed by atoms with Gasteiger partial charge in [0.1, 0.15) is 0 Å². The van der Waals surface area contributed by atoms with Crippen LogP contribution in [0.4, 0.5) is 0 Å². The molecule has 0 bridgehead atoms. The maximum absolute atomic E-state index is 6.80. The maximum atomic E-state index is 6.80. The van der Waals surface area contributed by atoms with Crippen LogP contribution in [0.3, 0.4) is 0 Å². The number of nitrogens with one attached hydrogen (secondary N) is 1. The summed E-state index contributed by atoms with van der Waals surface area (Å²) in [5, 5.41) is 0. The topological polar surface area (TPSA) is 33.0 Å². The van der Waals surface area contributed by atoms with Crippen LogP contribution in [0, 0.1) is 0 Å². The highest BCUT2D eigenvalue weighted by molar-refractivity contribution is 4.39. The van der Waals surface area contributed by atoms with Gasteiger partial charge in [0, 0.05) is 20.3 Å². The quantitative estimate of drug-likeness (QED) is 0.495. The van der Waals surface area contributed by atoms with Crippen LogP contribution in [0.1, 0.15) is 19.3 Å². The lowest BCUT2D eigenvalue weighted by Gasteiger charge is -1.94. The molecular formula is C6H14NO. The van der Waals surface area contributed by atoms with Crippen LogP contribution in [0.15, 0.2) is 0 Å². The highest BCUT2D eigenvalue weighted by atomic mass is 16.5. The van der Waals surface area contributed by atoms with E-state index in [1.165, 1.54) is 0 Å². The van der Waals surface area contributed by atoms with Crippen molar-refractivity contribution < 1.29 is 4.74 Å². The standard InChI is InChI=1S/C6H14NO/c1-8-6-4-2-3-5-7/h7H,2-6H2,1H3. The molecule has 0 amide bonds. The van der Waals surface area contributed by atoms with Crippen molar-refractivity contribution in [2.45, 2.75) is 19.3 Å². The number of ether oxygens (including phenoxy) is 1. The van der Waals surface area contributed by atoms with Crippen LogP contribution in [0.25, 0.3) is 0 Å². The second-order valence-electron chi connectivity index (χ2n) is 1.80. The first-order chi connectivity index (χ1) is 3.91. The van der Waals surface area contributed by atoms with Crippen molar-refractivity contribution in [1.82, 2.24) is 5.73 Å². The molecule has 0 aliphatic heterocycles. The second-order valence-corrected chi connectivity index (χ2v) is 1.80. The predicted molar refractivity (Wildman–Crippen MR) is 33.7 cm³/mol. The van der Waals surface area contributed by atoms with Crippen molar-refractivity contribution in [3.8, 4) is 0 Å². The predicted octanol–water partition coefficient (Wildman–Crippen LogP) is 1.09. The molecule has 0 aliphatic carbocycles. The van der Waals surface area contributed by atoms with Crippen molar-refractivity contribution in [2.75, 3.05) is 20.3 Å². The van der Waals surface area contributed by atoms with Crippen LogP contribution < -0.4 is 5.73 Å². The summed E-state index contributed by atoms with van der Waals surface area (Å²) in [4.78, 5) is 0. The van der Waals surface area contributed by atoms with E-state index in [9.17, 15) is 0 Å². The fourth-order valence-electron chi connectivity index (χ4n) is 0.548. The molecule has 0 heterocycles. The van der Waals surface area contributed by atoms with E-state index in [4.69, 9.17) is 10.5 Å². The molecule has 0 aliphatic rings. The first kappa shape index (κ1) is 7.92. The summed E-state index contributed by atoms with van der Waals surface area (Å²) >= 11 is 0. The summed E-state index contributed by atoms with van der Waals surface area (Å²) < 4.78 is 4.83. The number of rotatable bonds is 5. The third kappa shape index (κ3) is 5.92. The SMILES string of the molecule is COCCCCC[NH]. The van der Waals surface area contributed by atoms with Gasteiger partial charge in [0.15, 0.2) is 0 Å². The molecule has 49 valence electrons. The molecule has 2 heteroatoms. The highest BCUT2D eigenvalue weighted by Crippen LogP contribution is 1.92. The van der Waals surface area contributed by atoms with E-state index in [1.54, 1.807) is 7.11 Å². The van der Waals surface area contributed by atoms with E-state index in [0.29, 0.717) is 6.54 Å². The largest absolute Gasteiger partial charge is 0.385 e. The van der Waals surface area contributed by atoms with E-state index >= 15 is 0 Å². The number of hydrogen-bond donors (Lipinski definition) is 0. The zero-order valence-corrected chi connectivity index (χ0v) is 5.44. The lowest BCUT2D eigenvalue weighted by atomic mass is 10.2. The molecule has 0 aromatic rings. The lowest BCUT2D eigenvalue weighted by Crippen LogP contribution is -1.90. The average Bonchev–Trinajstić information content (AvgIpc) is 1.81. The monoisotopic (exact) mass is 116 g/mol. The Hall–Kier alpha value is -0.0800. The van der Waals surface area contributed by atoms with E-state index in [-0.39, 0.29) is 0 Å². The van der Waals surface area contributed by atoms with Gasteiger partial charge in [0.05, 0.1) is 0 Å². The van der Waals surface area contributed by atoms with Gasteiger partial charge in [0.2, 0.25) is 0 Å². The Morgan fingerprint density at radius 3 is 2.50 bits per heavy atom. The van der Waals surface area contributed by atoms with Crippen LogP contribution in [0.5, 0.6) is 0 Å². The first-order valence-electron chi connectivity index (χ1n) is 3.05. The molecule has 1 radical (unpaired) electrons. The minimum absolute atomic E-state index is 0.559. The van der Waals surface area contributed by atoms with E-state index in [0.717, 1.165) is 25.9 Å². The third-order valence-electron chi connectivity index (χ3n) is 1.03. The molecular weight excluding hydrogens is 102 g/mol. The second kappa shape index (κ2) is 6.92. The summed E-state index contributed by atoms with van der Waals surface area (Å²) in [6.07, 6.45) is 3.26. The van der Waals surface area contributed by atoms with Crippen molar-refractivity contribution >= 4 is 0 Å². The highest BCUT2D eigenvalue weighted by Gasteiger charge is 1.83. The number of unbranched alkanes of at least 4 members (excludes halogenated alkanes) is 2. The summed E-state index contributed by atoms with van der Waals surface area (Å²) in [7, 11) is 1.71. The smallest absolute Gasteiger partial charge is 0.0462 e. The van der Waals surface area contributed by atoms with E-state index < -0.39 is 0 Å². The summed E-state index contributed by atoms with van der Waals surface area (Å²) in [5.41, 5.74) is 6.80. The van der Waals surface area contributed by atoms with Gasteiger partial charge in [-0.05, 0) is 19.3 Å². The molecule has 1 N–H and O–H groups in total. The zero-order valence-electron chi connectivity index (χ0n) is 5.44. The first-order valence-corrected chi connectivity index (χ1v) is 3.05. The Labute approximate surface area is 51.0 Å². The minimum Gasteiger partial charge on any atom is -0.385 e. The molecule has 0 aromatic carbocycles. The van der Waals surface area contributed by atoms with Gasteiger partial charge in [0.25, 0.3) is 0 Å². The number of hydrogen-bond acceptors (Lipinski definition) is 1. The Bertz CT molecular complexity index is 33.5. The fraction of sp³-hybridized carbons (Fsp3) is 1.00. The Balaban J connectivity index is 2.53. The molecule has 0 rings (SSSR count). The maximum Gasteiger partial charge on any atom is 0.0462 e. The summed E-state index contributed by atoms with van der Waals surface area (Å²) in [6, 6.07) is 0. The zero-order chi connectivity index (χ0) is 6.24. The summed E-state index contributed by atoms with van der Waals surface area (Å²) in [6.45, 7) is 1.41. The van der Waals surface area contributed by atoms with Gasteiger partial charge in [-0.3, -0.25) is 5.73 Å². The molecule has 0 saturated carbocycles. The normalized spacial score (nSPS) is 9.75. The van der Waals surface area contributed by atoms with Gasteiger partial charge in [-0.15, -0.1) is 0 Å². The Morgan fingerprint density at radius 1 is 1.25 bits per heavy atom. The molecule has 0 unspecified atom stereocenters. The van der Waals surface area contributed by atoms with Gasteiger partial charge in [-0.25, -0.2) is 0 Å². The van der Waals surface area contributed by atoms with E-state index in [1.807, 2.05) is 0 Å². The van der Waals surface area contributed by atoms with Crippen LogP contribution in [-0.4, -0.2) is 20.3 Å². The molecule has 0 atom stereocenters. The average molecular weight is 116 g/mol. The van der Waals surface area contributed by atoms with Gasteiger partial charge < -0.3 is 4.74 Å². The van der Waals surface area contributed by atoms with Gasteiger partial charge in [-0.2, -0.15) is 0 Å². The Kier molecular flexibility index (Phi) is 6.85. The lowest BCUT2D eigenvalue weighted by molar-refractivity contribution is 0.192. The molecule has 0 spiro atoms. The molecule has 0 saturated heterocycles. The minimum atomic E-state index is 0.559. The molecule has 8 heavy (non-hydrogen) atoms. The molecule has 0 fully saturated rings. The van der Waals surface area contributed by atoms with Crippen LogP contribution in [0.2, 0.25) is 0 Å². The third-order valence-corrected chi connectivity index (χ3v) is 1.03. The van der Waals surface area contributed by atoms with Crippen molar-refractivity contribution in [1.29, 1.82) is 0 Å². The molecule has 2 nitrogen and oxygen atoms in total. The Morgan fingerprint density at radius 2 is 2.00 bits per heavy atom. The van der Waals surface area contributed by atoms with Crippen molar-refractivity contribution in [3.05, 3.63) is 0 Å². The number of methoxy groups -OCH3 is 1. The summed E-state index contributed by atoms with van der Waals surface area (Å²) in [5.74, 6) is 0. The van der Waals surface area contributed by atoms with E-state index in [2.05, 4.69) is 0 Å². The van der Waals surface area contributed by atoms with Crippen molar-refractivity contribution in [2.24, 2.45) is 0 Å². The van der Waals surface area contributed by atoms with Gasteiger partial charge in [-0.1, -0.05) is 0 Å². The van der Waals surface area contributed by atoms with Crippen molar-refractivity contribution in [3.63, 3.8) is 0 Å². The van der Waals surface area contributed by atoms with Gasteiger partial charge >= 0.3 is 0 Å². The fourth-order valence-corrected chi connectivity index (χ4v) is 0.548.